The maximum atomic E-state index is 11.5. The summed E-state index contributed by atoms with van der Waals surface area (Å²) >= 11 is 0. The first kappa shape index (κ1) is 10.1. The van der Waals surface area contributed by atoms with Crippen LogP contribution in [0.3, 0.4) is 0 Å². The second-order valence-corrected chi connectivity index (χ2v) is 4.17. The summed E-state index contributed by atoms with van der Waals surface area (Å²) in [5, 5.41) is 9.21. The normalized spacial score (nSPS) is 24.9. The Hall–Kier alpha value is -1.39. The molecule has 1 aliphatic carbocycles. The highest BCUT2D eigenvalue weighted by molar-refractivity contribution is 6.06. The minimum absolute atomic E-state index is 0.161. The molecule has 1 saturated heterocycles. The highest BCUT2D eigenvalue weighted by atomic mass is 16.4. The van der Waals surface area contributed by atoms with Gasteiger partial charge in [0.1, 0.15) is 5.54 Å². The third-order valence-electron chi connectivity index (χ3n) is 3.31. The average Bonchev–Trinajstić information content (AvgIpc) is 2.74. The van der Waals surface area contributed by atoms with Crippen molar-refractivity contribution in [1.82, 2.24) is 4.90 Å². The average molecular weight is 211 g/mol. The molecule has 82 valence electrons. The standard InChI is InChI=1S/C10H13NO4/c12-7-3-4-8(13)11(7)10(9(14)15)5-1-2-6-10/h1-6H2,(H,14,15). The highest BCUT2D eigenvalue weighted by Gasteiger charge is 2.53. The van der Waals surface area contributed by atoms with Crippen LogP contribution in [-0.2, 0) is 14.4 Å². The van der Waals surface area contributed by atoms with Crippen LogP contribution in [0.4, 0.5) is 0 Å². The molecule has 2 fully saturated rings. The zero-order valence-corrected chi connectivity index (χ0v) is 8.36. The number of likely N-dealkylation sites (tertiary alicyclic amines) is 1. The van der Waals surface area contributed by atoms with Gasteiger partial charge >= 0.3 is 5.97 Å². The summed E-state index contributed by atoms with van der Waals surface area (Å²) in [6, 6.07) is 0. The molecule has 0 radical (unpaired) electrons. The molecule has 2 rings (SSSR count). The molecule has 1 N–H and O–H groups in total. The number of carbonyl (C=O) groups is 3. The first-order chi connectivity index (χ1) is 7.08. The molecule has 1 aliphatic heterocycles. The third kappa shape index (κ3) is 1.33. The van der Waals surface area contributed by atoms with Crippen LogP contribution in [0.2, 0.25) is 0 Å². The zero-order chi connectivity index (χ0) is 11.1. The molecule has 0 bridgehead atoms. The molecule has 15 heavy (non-hydrogen) atoms. The first-order valence-electron chi connectivity index (χ1n) is 5.17. The number of carboxylic acid groups (broad SMARTS) is 1. The molecular weight excluding hydrogens is 198 g/mol. The van der Waals surface area contributed by atoms with Gasteiger partial charge in [-0.3, -0.25) is 14.5 Å². The van der Waals surface area contributed by atoms with Crippen LogP contribution in [0.15, 0.2) is 0 Å². The van der Waals surface area contributed by atoms with E-state index in [-0.39, 0.29) is 24.7 Å². The fraction of sp³-hybridized carbons (Fsp3) is 0.700. The number of nitrogens with zero attached hydrogens (tertiary/aromatic N) is 1. The zero-order valence-electron chi connectivity index (χ0n) is 8.36. The van der Waals surface area contributed by atoms with E-state index in [4.69, 9.17) is 0 Å². The number of amides is 2. The summed E-state index contributed by atoms with van der Waals surface area (Å²) in [6.45, 7) is 0. The van der Waals surface area contributed by atoms with Crippen LogP contribution in [0.5, 0.6) is 0 Å². The lowest BCUT2D eigenvalue weighted by atomic mass is 9.95. The van der Waals surface area contributed by atoms with E-state index < -0.39 is 11.5 Å². The molecule has 2 aliphatic rings. The van der Waals surface area contributed by atoms with E-state index in [2.05, 4.69) is 0 Å². The Labute approximate surface area is 87.1 Å². The second-order valence-electron chi connectivity index (χ2n) is 4.17. The van der Waals surface area contributed by atoms with Crippen LogP contribution < -0.4 is 0 Å². The largest absolute Gasteiger partial charge is 0.479 e. The van der Waals surface area contributed by atoms with Crippen molar-refractivity contribution in [3.05, 3.63) is 0 Å². The van der Waals surface area contributed by atoms with Gasteiger partial charge in [0.15, 0.2) is 0 Å². The number of hydrogen-bond donors (Lipinski definition) is 1. The summed E-state index contributed by atoms with van der Waals surface area (Å²) < 4.78 is 0. The fourth-order valence-corrected chi connectivity index (χ4v) is 2.55. The Morgan fingerprint density at radius 3 is 2.00 bits per heavy atom. The SMILES string of the molecule is O=C1CCC(=O)N1C1(C(=O)O)CCCC1. The fourth-order valence-electron chi connectivity index (χ4n) is 2.55. The van der Waals surface area contributed by atoms with Crippen LogP contribution in [-0.4, -0.2) is 33.3 Å². The maximum absolute atomic E-state index is 11.5. The number of aliphatic carboxylic acids is 1. The molecular formula is C10H13NO4. The number of hydrogen-bond acceptors (Lipinski definition) is 3. The van der Waals surface area contributed by atoms with Gasteiger partial charge in [-0.25, -0.2) is 4.79 Å². The summed E-state index contributed by atoms with van der Waals surface area (Å²) in [4.78, 5) is 35.3. The van der Waals surface area contributed by atoms with Gasteiger partial charge in [-0.1, -0.05) is 12.8 Å². The quantitative estimate of drug-likeness (QED) is 0.676. The smallest absolute Gasteiger partial charge is 0.330 e. The van der Waals surface area contributed by atoms with E-state index in [0.717, 1.165) is 17.7 Å². The number of carboxylic acids is 1. The lowest BCUT2D eigenvalue weighted by Crippen LogP contribution is -2.55. The summed E-state index contributed by atoms with van der Waals surface area (Å²) in [7, 11) is 0. The Balaban J connectivity index is 2.36. The third-order valence-corrected chi connectivity index (χ3v) is 3.31. The molecule has 0 atom stereocenters. The van der Waals surface area contributed by atoms with Crippen molar-refractivity contribution in [2.45, 2.75) is 44.1 Å². The predicted molar refractivity (Wildman–Crippen MR) is 49.9 cm³/mol. The molecule has 1 saturated carbocycles. The van der Waals surface area contributed by atoms with Crippen molar-refractivity contribution < 1.29 is 19.5 Å². The second kappa shape index (κ2) is 3.32. The molecule has 1 heterocycles. The Morgan fingerprint density at radius 1 is 1.13 bits per heavy atom. The van der Waals surface area contributed by atoms with Gasteiger partial charge in [0.2, 0.25) is 11.8 Å². The van der Waals surface area contributed by atoms with Crippen molar-refractivity contribution >= 4 is 17.8 Å². The first-order valence-corrected chi connectivity index (χ1v) is 5.17. The van der Waals surface area contributed by atoms with E-state index in [1.165, 1.54) is 0 Å². The molecule has 2 amide bonds. The monoisotopic (exact) mass is 211 g/mol. The molecule has 0 unspecified atom stereocenters. The minimum Gasteiger partial charge on any atom is -0.479 e. The maximum Gasteiger partial charge on any atom is 0.330 e. The van der Waals surface area contributed by atoms with E-state index in [1.807, 2.05) is 0 Å². The molecule has 0 aromatic carbocycles. The van der Waals surface area contributed by atoms with Crippen molar-refractivity contribution in [2.24, 2.45) is 0 Å². The Kier molecular flexibility index (Phi) is 2.25. The molecule has 5 heteroatoms. The van der Waals surface area contributed by atoms with Crippen LogP contribution in [0.25, 0.3) is 0 Å². The minimum atomic E-state index is -1.23. The topological polar surface area (TPSA) is 74.7 Å². The Morgan fingerprint density at radius 2 is 1.60 bits per heavy atom. The summed E-state index contributed by atoms with van der Waals surface area (Å²) in [6.07, 6.45) is 2.66. The van der Waals surface area contributed by atoms with Gasteiger partial charge in [0.05, 0.1) is 0 Å². The van der Waals surface area contributed by atoms with Crippen LogP contribution >= 0.6 is 0 Å². The highest BCUT2D eigenvalue weighted by Crippen LogP contribution is 2.38. The lowest BCUT2D eigenvalue weighted by Gasteiger charge is -2.32. The molecule has 0 aromatic rings. The van der Waals surface area contributed by atoms with Gasteiger partial charge in [0.25, 0.3) is 0 Å². The molecule has 0 spiro atoms. The summed E-state index contributed by atoms with van der Waals surface area (Å²) in [5.41, 5.74) is -1.23. The van der Waals surface area contributed by atoms with Crippen LogP contribution in [0.1, 0.15) is 38.5 Å². The van der Waals surface area contributed by atoms with Crippen LogP contribution in [0, 0.1) is 0 Å². The van der Waals surface area contributed by atoms with E-state index in [1.54, 1.807) is 0 Å². The molecule has 5 nitrogen and oxygen atoms in total. The van der Waals surface area contributed by atoms with Crippen molar-refractivity contribution in [3.63, 3.8) is 0 Å². The number of carbonyl (C=O) groups excluding carboxylic acids is 2. The summed E-state index contributed by atoms with van der Waals surface area (Å²) in [5.74, 6) is -1.70. The lowest BCUT2D eigenvalue weighted by molar-refractivity contribution is -0.162. The predicted octanol–water partition coefficient (Wildman–Crippen LogP) is 0.533. The van der Waals surface area contributed by atoms with E-state index in [0.29, 0.717) is 12.8 Å². The van der Waals surface area contributed by atoms with Crippen molar-refractivity contribution in [3.8, 4) is 0 Å². The van der Waals surface area contributed by atoms with Gasteiger partial charge in [-0.2, -0.15) is 0 Å². The van der Waals surface area contributed by atoms with Crippen molar-refractivity contribution in [1.29, 1.82) is 0 Å². The van der Waals surface area contributed by atoms with Gasteiger partial charge in [0, 0.05) is 12.8 Å². The number of imide groups is 1. The molecule has 0 aromatic heterocycles. The van der Waals surface area contributed by atoms with Crippen molar-refractivity contribution in [2.75, 3.05) is 0 Å². The van der Waals surface area contributed by atoms with E-state index in [9.17, 15) is 19.5 Å². The van der Waals surface area contributed by atoms with Gasteiger partial charge in [-0.05, 0) is 12.8 Å². The number of rotatable bonds is 2. The van der Waals surface area contributed by atoms with Gasteiger partial charge in [-0.15, -0.1) is 0 Å². The Bertz CT molecular complexity index is 314. The van der Waals surface area contributed by atoms with Gasteiger partial charge < -0.3 is 5.11 Å². The van der Waals surface area contributed by atoms with E-state index >= 15 is 0 Å².